The van der Waals surface area contributed by atoms with Crippen LogP contribution in [0.25, 0.3) is 21.9 Å². The fourth-order valence-corrected chi connectivity index (χ4v) is 3.81. The Bertz CT molecular complexity index is 1940. The summed E-state index contributed by atoms with van der Waals surface area (Å²) in [6.45, 7) is 18.3. The number of benzene rings is 3. The minimum absolute atomic E-state index is 0.0177. The molecule has 0 saturated carbocycles. The lowest BCUT2D eigenvalue weighted by atomic mass is 9.95. The molecule has 0 aliphatic carbocycles. The number of hydrogen-bond donors (Lipinski definition) is 0. The van der Waals surface area contributed by atoms with Crippen molar-refractivity contribution in [1.29, 1.82) is 0 Å². The highest BCUT2D eigenvalue weighted by molar-refractivity contribution is 5.96. The van der Waals surface area contributed by atoms with Crippen LogP contribution in [0.4, 0.5) is 26.3 Å². The number of carbonyl (C=O) groups excluding carboxylic acids is 4. The number of fused-ring (bicyclic) bond motifs is 1. The van der Waals surface area contributed by atoms with E-state index in [0.717, 1.165) is 19.1 Å². The fourth-order valence-electron chi connectivity index (χ4n) is 3.81. The van der Waals surface area contributed by atoms with Crippen LogP contribution in [-0.4, -0.2) is 35.9 Å². The monoisotopic (exact) mass is 690 g/mol. The molecule has 8 nitrogen and oxygen atoms in total. The summed E-state index contributed by atoms with van der Waals surface area (Å²) in [5.74, 6) is -17.5. The highest BCUT2D eigenvalue weighted by Crippen LogP contribution is 2.52. The minimum Gasteiger partial charge on any atom is -0.423 e. The largest absolute Gasteiger partial charge is 0.473 e. The van der Waals surface area contributed by atoms with Gasteiger partial charge in [-0.15, -0.1) is 0 Å². The van der Waals surface area contributed by atoms with Gasteiger partial charge in [-0.3, -0.25) is 0 Å². The summed E-state index contributed by atoms with van der Waals surface area (Å²) in [6.07, 6.45) is -5.95. The zero-order valence-corrected chi connectivity index (χ0v) is 26.5. The van der Waals surface area contributed by atoms with Crippen molar-refractivity contribution in [1.82, 2.24) is 0 Å². The Balaban J connectivity index is 2.23. The summed E-state index contributed by atoms with van der Waals surface area (Å²) in [4.78, 5) is 48.6. The Kier molecular flexibility index (Phi) is 10.7. The average molecular weight is 691 g/mol. The molecular formula is C35H28F6O8. The topological polar surface area (TPSA) is 105 Å². The van der Waals surface area contributed by atoms with E-state index in [9.17, 15) is 36.7 Å². The van der Waals surface area contributed by atoms with Gasteiger partial charge in [-0.25, -0.2) is 19.2 Å². The van der Waals surface area contributed by atoms with E-state index in [4.69, 9.17) is 14.2 Å². The maximum Gasteiger partial charge on any atom is 0.473 e. The second-order valence-electron chi connectivity index (χ2n) is 10.9. The van der Waals surface area contributed by atoms with Gasteiger partial charge in [-0.2, -0.15) is 26.3 Å². The van der Waals surface area contributed by atoms with Gasteiger partial charge in [0, 0.05) is 33.4 Å². The summed E-state index contributed by atoms with van der Waals surface area (Å²) >= 11 is 0. The predicted molar refractivity (Wildman–Crippen MR) is 165 cm³/mol. The number of alkyl halides is 6. The molecule has 14 heteroatoms. The molecule has 0 aromatic heterocycles. The Morgan fingerprint density at radius 3 is 1.55 bits per heavy atom. The molecule has 0 radical (unpaired) electrons. The SMILES string of the molecule is C=C(C)C(=O)Oc1ccc(-c2cc3ccc(C(F)(F)C(F)(F)C(F)(F)OC(=O)C(=C)C)cc3cc2OC(=O)C(=C)C)cc1OC(=O)C(=C)C. The highest BCUT2D eigenvalue weighted by Gasteiger charge is 2.75. The molecule has 49 heavy (non-hydrogen) atoms. The number of ether oxygens (including phenoxy) is 4. The van der Waals surface area contributed by atoms with E-state index in [1.54, 1.807) is 0 Å². The molecule has 258 valence electrons. The van der Waals surface area contributed by atoms with Crippen molar-refractivity contribution < 1.29 is 64.5 Å². The van der Waals surface area contributed by atoms with Gasteiger partial charge in [-0.05, 0) is 74.4 Å². The van der Waals surface area contributed by atoms with Crippen molar-refractivity contribution in [3.05, 3.63) is 103 Å². The first-order valence-corrected chi connectivity index (χ1v) is 13.9. The molecule has 0 N–H and O–H groups in total. The number of esters is 4. The van der Waals surface area contributed by atoms with Gasteiger partial charge in [0.25, 0.3) is 0 Å². The van der Waals surface area contributed by atoms with Crippen molar-refractivity contribution in [2.24, 2.45) is 0 Å². The molecule has 3 rings (SSSR count). The van der Waals surface area contributed by atoms with Crippen molar-refractivity contribution >= 4 is 34.6 Å². The van der Waals surface area contributed by atoms with Crippen LogP contribution in [0.1, 0.15) is 33.3 Å². The first kappa shape index (κ1) is 37.8. The normalized spacial score (nSPS) is 11.7. The van der Waals surface area contributed by atoms with Gasteiger partial charge < -0.3 is 18.9 Å². The van der Waals surface area contributed by atoms with E-state index in [1.165, 1.54) is 45.0 Å². The van der Waals surface area contributed by atoms with Crippen LogP contribution >= 0.6 is 0 Å². The lowest BCUT2D eigenvalue weighted by Gasteiger charge is -2.32. The van der Waals surface area contributed by atoms with Crippen LogP contribution in [0, 0.1) is 0 Å². The first-order valence-electron chi connectivity index (χ1n) is 13.9. The quantitative estimate of drug-likeness (QED) is 0.0808. The third-order valence-electron chi connectivity index (χ3n) is 6.54. The number of rotatable bonds is 12. The highest BCUT2D eigenvalue weighted by atomic mass is 19.3. The zero-order valence-electron chi connectivity index (χ0n) is 26.5. The van der Waals surface area contributed by atoms with Crippen molar-refractivity contribution in [3.63, 3.8) is 0 Å². The van der Waals surface area contributed by atoms with E-state index in [2.05, 4.69) is 31.1 Å². The average Bonchev–Trinajstić information content (AvgIpc) is 3.00. The summed E-state index contributed by atoms with van der Waals surface area (Å²) < 4.78 is 107. The standard InChI is InChI=1S/C35H28F6O8/c1-17(2)29(42)46-26-12-10-22(15-28(26)48-31(44)19(5)6)25-14-21-9-11-24(13-23(21)16-27(25)47-30(43)18(3)4)33(36,37)34(38,39)35(40,41)49-32(45)20(7)8/h9-16H,1,3,5,7H2,2,4,6,8H3. The molecule has 0 atom stereocenters. The predicted octanol–water partition coefficient (Wildman–Crippen LogP) is 8.39. The summed E-state index contributed by atoms with van der Waals surface area (Å²) in [5.41, 5.74) is -2.24. The third kappa shape index (κ3) is 7.91. The maximum absolute atomic E-state index is 15.1. The fraction of sp³-hybridized carbons (Fsp3) is 0.200. The molecule has 3 aromatic rings. The Morgan fingerprint density at radius 1 is 0.551 bits per heavy atom. The smallest absolute Gasteiger partial charge is 0.423 e. The molecule has 0 saturated heterocycles. The van der Waals surface area contributed by atoms with E-state index in [0.29, 0.717) is 12.1 Å². The van der Waals surface area contributed by atoms with Gasteiger partial charge in [0.1, 0.15) is 5.75 Å². The molecule has 0 bridgehead atoms. The zero-order chi connectivity index (χ0) is 37.2. The van der Waals surface area contributed by atoms with E-state index in [-0.39, 0.29) is 55.9 Å². The molecule has 0 amide bonds. The Labute approximate surface area is 275 Å². The van der Waals surface area contributed by atoms with Gasteiger partial charge >= 0.3 is 41.8 Å². The number of carbonyl (C=O) groups is 4. The number of hydrogen-bond acceptors (Lipinski definition) is 8. The molecule has 0 aliphatic rings. The second-order valence-corrected chi connectivity index (χ2v) is 10.9. The van der Waals surface area contributed by atoms with Crippen LogP contribution in [-0.2, 0) is 29.8 Å². The van der Waals surface area contributed by atoms with E-state index < -0.39 is 53.0 Å². The van der Waals surface area contributed by atoms with Crippen LogP contribution in [0.15, 0.2) is 97.1 Å². The van der Waals surface area contributed by atoms with Crippen LogP contribution in [0.3, 0.4) is 0 Å². The van der Waals surface area contributed by atoms with Crippen molar-refractivity contribution in [2.45, 2.75) is 45.6 Å². The Morgan fingerprint density at radius 2 is 1.04 bits per heavy atom. The van der Waals surface area contributed by atoms with Crippen LogP contribution < -0.4 is 14.2 Å². The molecule has 0 fully saturated rings. The molecule has 0 spiro atoms. The van der Waals surface area contributed by atoms with Crippen LogP contribution in [0.5, 0.6) is 17.2 Å². The molecular weight excluding hydrogens is 662 g/mol. The van der Waals surface area contributed by atoms with Gasteiger partial charge in [-0.1, -0.05) is 44.5 Å². The summed E-state index contributed by atoms with van der Waals surface area (Å²) in [6, 6.07) is 7.91. The van der Waals surface area contributed by atoms with Gasteiger partial charge in [0.05, 0.1) is 0 Å². The maximum atomic E-state index is 15.1. The second kappa shape index (κ2) is 13.8. The van der Waals surface area contributed by atoms with E-state index in [1.807, 2.05) is 0 Å². The molecule has 3 aromatic carbocycles. The lowest BCUT2D eigenvalue weighted by Crippen LogP contribution is -2.54. The number of halogens is 6. The summed E-state index contributed by atoms with van der Waals surface area (Å²) in [5, 5.41) is -0.212. The lowest BCUT2D eigenvalue weighted by molar-refractivity contribution is -0.388. The third-order valence-corrected chi connectivity index (χ3v) is 6.54. The first-order chi connectivity index (χ1) is 22.5. The van der Waals surface area contributed by atoms with Crippen LogP contribution in [0.2, 0.25) is 0 Å². The van der Waals surface area contributed by atoms with Crippen molar-refractivity contribution in [2.75, 3.05) is 0 Å². The van der Waals surface area contributed by atoms with Gasteiger partial charge in [0.2, 0.25) is 0 Å². The minimum atomic E-state index is -6.24. The molecule has 0 aliphatic heterocycles. The van der Waals surface area contributed by atoms with E-state index >= 15 is 8.78 Å². The summed E-state index contributed by atoms with van der Waals surface area (Å²) in [7, 11) is 0. The molecule has 0 heterocycles. The molecule has 0 unspecified atom stereocenters. The van der Waals surface area contributed by atoms with Gasteiger partial charge in [0.15, 0.2) is 11.5 Å². The Hall–Kier alpha value is -5.66. The van der Waals surface area contributed by atoms with Crippen molar-refractivity contribution in [3.8, 4) is 28.4 Å².